The lowest BCUT2D eigenvalue weighted by Gasteiger charge is -2.14. The topological polar surface area (TPSA) is 24.7 Å². The summed E-state index contributed by atoms with van der Waals surface area (Å²) in [6, 6.07) is 18.0. The van der Waals surface area contributed by atoms with Gasteiger partial charge < -0.3 is 0 Å². The van der Waals surface area contributed by atoms with E-state index >= 15 is 0 Å². The minimum Gasteiger partial charge on any atom is -0.251 e. The van der Waals surface area contributed by atoms with Crippen molar-refractivity contribution in [2.45, 2.75) is 374 Å². The maximum absolute atomic E-state index is 5.60. The third-order valence-corrected chi connectivity index (χ3v) is 16.8. The second kappa shape index (κ2) is 57.5. The molecule has 0 atom stereocenters. The van der Waals surface area contributed by atoms with Gasteiger partial charge >= 0.3 is 0 Å². The number of allylic oxidation sites excluding steroid dienone is 4. The molecule has 0 bridgehead atoms. The Morgan fingerprint density at radius 3 is 0.782 bits per heavy atom. The summed E-state index contributed by atoms with van der Waals surface area (Å²) in [4.78, 5) is 11.2. The van der Waals surface area contributed by atoms with Crippen LogP contribution >= 0.6 is 0 Å². The van der Waals surface area contributed by atoms with Gasteiger partial charge in [0.1, 0.15) is 0 Å². The average molecular weight is 1070 g/mol. The van der Waals surface area contributed by atoms with E-state index in [1.165, 1.54) is 324 Å². The average Bonchev–Trinajstić information content (AvgIpc) is 3.45. The summed E-state index contributed by atoms with van der Waals surface area (Å²) in [6.45, 7) is 9.25. The Hall–Kier alpha value is -2.74. The van der Waals surface area contributed by atoms with Crippen LogP contribution in [0.3, 0.4) is 0 Å². The third-order valence-electron chi connectivity index (χ3n) is 16.8. The van der Waals surface area contributed by atoms with Gasteiger partial charge in [0.25, 0.3) is 0 Å². The van der Waals surface area contributed by atoms with Crippen LogP contribution in [0.2, 0.25) is 0 Å². The molecule has 0 fully saturated rings. The van der Waals surface area contributed by atoms with Gasteiger partial charge in [0.05, 0.1) is 22.8 Å². The number of rotatable bonds is 59. The number of para-hydroxylation sites is 2. The molecule has 0 N–H and O–H groups in total. The predicted octanol–water partition coefficient (Wildman–Crippen LogP) is 27.1. The fourth-order valence-corrected chi connectivity index (χ4v) is 11.5. The molecule has 2 aromatic carbocycles. The summed E-state index contributed by atoms with van der Waals surface area (Å²) < 4.78 is 0. The van der Waals surface area contributed by atoms with Crippen LogP contribution in [0.4, 0.5) is 11.4 Å². The summed E-state index contributed by atoms with van der Waals surface area (Å²) >= 11 is 0. The van der Waals surface area contributed by atoms with Crippen molar-refractivity contribution in [3.8, 4) is 0 Å². The van der Waals surface area contributed by atoms with Gasteiger partial charge in [-0.15, -0.1) is 0 Å². The molecule has 0 aliphatic heterocycles. The van der Waals surface area contributed by atoms with Crippen molar-refractivity contribution in [1.82, 2.24) is 0 Å². The number of aliphatic imine (C=N–C) groups is 2. The van der Waals surface area contributed by atoms with E-state index in [4.69, 9.17) is 9.98 Å². The van der Waals surface area contributed by atoms with E-state index in [0.717, 1.165) is 56.3 Å². The third kappa shape index (κ3) is 44.0. The number of aryl methyl sites for hydroxylation is 2. The number of hydrogen-bond acceptors (Lipinski definition) is 2. The Labute approximate surface area is 488 Å². The largest absolute Gasteiger partial charge is 0.251 e. The van der Waals surface area contributed by atoms with E-state index in [1.54, 1.807) is 0 Å². The summed E-state index contributed by atoms with van der Waals surface area (Å²) in [7, 11) is 0. The molecule has 0 saturated carbocycles. The van der Waals surface area contributed by atoms with Crippen molar-refractivity contribution in [1.29, 1.82) is 0 Å². The van der Waals surface area contributed by atoms with Gasteiger partial charge in [-0.05, 0) is 113 Å². The van der Waals surface area contributed by atoms with Crippen LogP contribution in [0.15, 0.2) is 82.8 Å². The van der Waals surface area contributed by atoms with Gasteiger partial charge in [-0.25, -0.2) is 0 Å². The molecule has 0 amide bonds. The lowest BCUT2D eigenvalue weighted by molar-refractivity contribution is 0.525. The van der Waals surface area contributed by atoms with Crippen molar-refractivity contribution in [2.24, 2.45) is 9.98 Å². The van der Waals surface area contributed by atoms with Crippen molar-refractivity contribution in [3.63, 3.8) is 0 Å². The maximum atomic E-state index is 5.60. The van der Waals surface area contributed by atoms with Crippen LogP contribution in [0.5, 0.6) is 0 Å². The normalized spacial score (nSPS) is 12.4. The van der Waals surface area contributed by atoms with E-state index in [1.807, 2.05) is 0 Å². The first kappa shape index (κ1) is 71.4. The van der Waals surface area contributed by atoms with Crippen LogP contribution in [0.25, 0.3) is 0 Å². The van der Waals surface area contributed by atoms with Crippen LogP contribution in [0.1, 0.15) is 373 Å². The van der Waals surface area contributed by atoms with Gasteiger partial charge in [0, 0.05) is 0 Å². The van der Waals surface area contributed by atoms with Gasteiger partial charge in [0.15, 0.2) is 0 Å². The quantitative estimate of drug-likeness (QED) is 0.0358. The molecule has 2 heteroatoms. The summed E-state index contributed by atoms with van der Waals surface area (Å²) in [6.07, 6.45) is 83.0. The standard InChI is InChI=1S/C76H132N2/c1-5-9-13-16-19-21-23-25-27-29-31-33-35-37-39-41-43-45-47-49-51-53-56-63-71-65-59-61-68-73(71)77-75(67-12-8-4)76(70-58-55-18-15-11-7-3)78-74-69-62-60-66-72(74)64-57-54-52-50-48-46-44-42-40-38-36-34-32-30-28-26-24-22-20-17-14-10-6-2/h49-52,59-62,65-66,68-69H,5-48,53-58,63-64,67,70H2,1-4H3. The molecular weight excluding hydrogens is 941 g/mol. The van der Waals surface area contributed by atoms with Gasteiger partial charge in [-0.2, -0.15) is 0 Å². The van der Waals surface area contributed by atoms with Gasteiger partial charge in [-0.1, -0.05) is 345 Å². The number of nitrogens with zero attached hydrogens (tertiary/aromatic N) is 2. The number of benzene rings is 2. The van der Waals surface area contributed by atoms with Crippen molar-refractivity contribution in [3.05, 3.63) is 84.0 Å². The molecule has 2 rings (SSSR count). The lowest BCUT2D eigenvalue weighted by Crippen LogP contribution is -2.15. The highest BCUT2D eigenvalue weighted by Gasteiger charge is 2.14. The first-order valence-corrected chi connectivity index (χ1v) is 35.3. The Balaban J connectivity index is 1.78. The zero-order valence-corrected chi connectivity index (χ0v) is 53.0. The first-order chi connectivity index (χ1) is 38.7. The van der Waals surface area contributed by atoms with E-state index in [2.05, 4.69) is 101 Å². The number of hydrogen-bond donors (Lipinski definition) is 0. The van der Waals surface area contributed by atoms with Crippen LogP contribution in [-0.4, -0.2) is 11.4 Å². The van der Waals surface area contributed by atoms with E-state index < -0.39 is 0 Å². The minimum atomic E-state index is 0.994. The van der Waals surface area contributed by atoms with E-state index in [0.29, 0.717) is 0 Å². The molecule has 0 unspecified atom stereocenters. The lowest BCUT2D eigenvalue weighted by atomic mass is 10.00. The van der Waals surface area contributed by atoms with E-state index in [-0.39, 0.29) is 0 Å². The van der Waals surface area contributed by atoms with Gasteiger partial charge in [0.2, 0.25) is 0 Å². The molecule has 2 aromatic rings. The highest BCUT2D eigenvalue weighted by Crippen LogP contribution is 2.27. The molecule has 78 heavy (non-hydrogen) atoms. The zero-order valence-electron chi connectivity index (χ0n) is 53.0. The smallest absolute Gasteiger partial charge is 0.0665 e. The fraction of sp³-hybridized carbons (Fsp3) is 0.763. The molecular formula is C76H132N2. The summed E-state index contributed by atoms with van der Waals surface area (Å²) in [5.41, 5.74) is 7.55. The van der Waals surface area contributed by atoms with Crippen LogP contribution in [0, 0.1) is 0 Å². The molecule has 0 aromatic heterocycles. The molecule has 0 aliphatic rings. The second-order valence-corrected chi connectivity index (χ2v) is 24.3. The first-order valence-electron chi connectivity index (χ1n) is 35.3. The maximum Gasteiger partial charge on any atom is 0.0665 e. The molecule has 0 saturated heterocycles. The SMILES string of the molecule is CCCCCCCCCCCCCCCCCCCCC=CCCCc1ccccc1N=C(CCCC)C(CCCCCCCC)=Nc1ccccc1CCCC=CCCCCCCCCCCCCCCCCCCCC. The Morgan fingerprint density at radius 1 is 0.256 bits per heavy atom. The molecule has 0 spiro atoms. The van der Waals surface area contributed by atoms with Crippen LogP contribution in [-0.2, 0) is 12.8 Å². The highest BCUT2D eigenvalue weighted by atomic mass is 14.8. The molecule has 446 valence electrons. The Bertz CT molecular complexity index is 1680. The van der Waals surface area contributed by atoms with Crippen LogP contribution < -0.4 is 0 Å². The second-order valence-electron chi connectivity index (χ2n) is 24.3. The molecule has 0 heterocycles. The Kier molecular flexibility index (Phi) is 52.6. The van der Waals surface area contributed by atoms with E-state index in [9.17, 15) is 0 Å². The molecule has 0 aliphatic carbocycles. The monoisotopic (exact) mass is 1070 g/mol. The summed E-state index contributed by atoms with van der Waals surface area (Å²) in [5.74, 6) is 0. The minimum absolute atomic E-state index is 0.994. The predicted molar refractivity (Wildman–Crippen MR) is 356 cm³/mol. The fourth-order valence-electron chi connectivity index (χ4n) is 11.5. The van der Waals surface area contributed by atoms with Crippen molar-refractivity contribution in [2.75, 3.05) is 0 Å². The van der Waals surface area contributed by atoms with Crippen molar-refractivity contribution >= 4 is 22.8 Å². The Morgan fingerprint density at radius 2 is 0.487 bits per heavy atom. The highest BCUT2D eigenvalue weighted by molar-refractivity contribution is 6.43. The molecule has 2 nitrogen and oxygen atoms in total. The summed E-state index contributed by atoms with van der Waals surface area (Å²) in [5, 5.41) is 0. The van der Waals surface area contributed by atoms with Crippen molar-refractivity contribution < 1.29 is 0 Å². The van der Waals surface area contributed by atoms with Gasteiger partial charge in [-0.3, -0.25) is 9.98 Å². The number of unbranched alkanes of at least 4 members (excludes halogenated alkanes) is 44. The molecule has 0 radical (unpaired) electrons. The zero-order chi connectivity index (χ0) is 55.5.